The number of hydrogen-bond acceptors (Lipinski definition) is 4. The standard InChI is InChI=1S/C23H29N5O2/c29-20-12-11-17-8-4-10-19(21(17)24-20)28-23(30)25-22(26-28)18-9-5-13-27(15-18)14-16-6-2-1-3-7-16/h4,8,10-12,16,18H,1-3,5-7,9,13-15H2,(H,24,29)(H,25,26,30). The van der Waals surface area contributed by atoms with E-state index in [1.54, 1.807) is 6.07 Å². The second-order valence-electron chi connectivity index (χ2n) is 8.89. The lowest BCUT2D eigenvalue weighted by atomic mass is 9.88. The SMILES string of the molecule is O=c1ccc2cccc(-n3nc(C4CCCN(CC5CCCCC5)C4)[nH]c3=O)c2[nH]1. The van der Waals surface area contributed by atoms with Gasteiger partial charge in [-0.2, -0.15) is 4.68 Å². The molecule has 3 heterocycles. The summed E-state index contributed by atoms with van der Waals surface area (Å²) in [6.45, 7) is 3.27. The minimum atomic E-state index is -0.258. The second-order valence-corrected chi connectivity index (χ2v) is 8.89. The number of fused-ring (bicyclic) bond motifs is 1. The molecule has 2 aromatic heterocycles. The largest absolute Gasteiger partial charge is 0.348 e. The summed E-state index contributed by atoms with van der Waals surface area (Å²) in [6, 6.07) is 8.87. The third kappa shape index (κ3) is 3.86. The summed E-state index contributed by atoms with van der Waals surface area (Å²) in [5.74, 6) is 1.82. The van der Waals surface area contributed by atoms with Crippen molar-refractivity contribution in [2.75, 3.05) is 19.6 Å². The Labute approximate surface area is 175 Å². The van der Waals surface area contributed by atoms with E-state index >= 15 is 0 Å². The number of aromatic nitrogens is 4. The molecule has 1 saturated heterocycles. The monoisotopic (exact) mass is 407 g/mol. The van der Waals surface area contributed by atoms with Crippen LogP contribution < -0.4 is 11.2 Å². The Kier molecular flexibility index (Phi) is 5.29. The predicted octanol–water partition coefficient (Wildman–Crippen LogP) is 3.16. The van der Waals surface area contributed by atoms with Gasteiger partial charge in [0.25, 0.3) is 0 Å². The number of benzene rings is 1. The van der Waals surface area contributed by atoms with E-state index in [4.69, 9.17) is 0 Å². The number of likely N-dealkylation sites (tertiary alicyclic amines) is 1. The normalized spacial score (nSPS) is 21.3. The highest BCUT2D eigenvalue weighted by atomic mass is 16.2. The van der Waals surface area contributed by atoms with Gasteiger partial charge in [0.1, 0.15) is 5.82 Å². The average molecular weight is 408 g/mol. The molecule has 2 aliphatic rings. The van der Waals surface area contributed by atoms with E-state index in [0.29, 0.717) is 11.2 Å². The quantitative estimate of drug-likeness (QED) is 0.696. The number of para-hydroxylation sites is 1. The van der Waals surface area contributed by atoms with Gasteiger partial charge in [0.2, 0.25) is 5.56 Å². The molecule has 0 radical (unpaired) electrons. The van der Waals surface area contributed by atoms with Crippen molar-refractivity contribution >= 4 is 10.9 Å². The maximum absolute atomic E-state index is 12.7. The number of piperidine rings is 1. The number of hydrogen-bond donors (Lipinski definition) is 2. The molecule has 0 amide bonds. The van der Waals surface area contributed by atoms with Crippen LogP contribution >= 0.6 is 0 Å². The number of rotatable bonds is 4. The van der Waals surface area contributed by atoms with Gasteiger partial charge >= 0.3 is 5.69 Å². The van der Waals surface area contributed by atoms with Gasteiger partial charge in [-0.3, -0.25) is 9.78 Å². The Morgan fingerprint density at radius 3 is 2.70 bits per heavy atom. The molecule has 1 aromatic carbocycles. The molecule has 7 heteroatoms. The van der Waals surface area contributed by atoms with Gasteiger partial charge in [0.15, 0.2) is 0 Å². The molecule has 5 rings (SSSR count). The highest BCUT2D eigenvalue weighted by molar-refractivity contribution is 5.85. The highest BCUT2D eigenvalue weighted by Crippen LogP contribution is 2.29. The molecule has 1 unspecified atom stereocenters. The van der Waals surface area contributed by atoms with Crippen LogP contribution in [0.5, 0.6) is 0 Å². The van der Waals surface area contributed by atoms with Crippen molar-refractivity contribution in [1.29, 1.82) is 0 Å². The van der Waals surface area contributed by atoms with Crippen molar-refractivity contribution in [2.45, 2.75) is 50.9 Å². The molecule has 2 fully saturated rings. The van der Waals surface area contributed by atoms with E-state index in [0.717, 1.165) is 43.1 Å². The zero-order chi connectivity index (χ0) is 20.5. The first-order chi connectivity index (χ1) is 14.7. The zero-order valence-electron chi connectivity index (χ0n) is 17.3. The van der Waals surface area contributed by atoms with Crippen molar-refractivity contribution in [3.63, 3.8) is 0 Å². The summed E-state index contributed by atoms with van der Waals surface area (Å²) in [5, 5.41) is 5.54. The van der Waals surface area contributed by atoms with Crippen molar-refractivity contribution in [3.05, 3.63) is 57.0 Å². The number of H-pyrrole nitrogens is 2. The van der Waals surface area contributed by atoms with Crippen molar-refractivity contribution in [2.24, 2.45) is 5.92 Å². The van der Waals surface area contributed by atoms with Crippen molar-refractivity contribution in [1.82, 2.24) is 24.6 Å². The van der Waals surface area contributed by atoms with Crippen LogP contribution in [0.15, 0.2) is 39.9 Å². The molecule has 1 saturated carbocycles. The smallest absolute Gasteiger partial charge is 0.320 e. The van der Waals surface area contributed by atoms with Crippen molar-refractivity contribution < 1.29 is 0 Å². The summed E-state index contributed by atoms with van der Waals surface area (Å²) >= 11 is 0. The number of nitrogens with one attached hydrogen (secondary N) is 2. The summed E-state index contributed by atoms with van der Waals surface area (Å²) in [4.78, 5) is 33.0. The van der Waals surface area contributed by atoms with Crippen LogP contribution in [-0.4, -0.2) is 44.3 Å². The van der Waals surface area contributed by atoms with E-state index in [9.17, 15) is 9.59 Å². The minimum Gasteiger partial charge on any atom is -0.320 e. The van der Waals surface area contributed by atoms with Crippen LogP contribution in [-0.2, 0) is 0 Å². The molecule has 30 heavy (non-hydrogen) atoms. The van der Waals surface area contributed by atoms with E-state index in [1.165, 1.54) is 49.4 Å². The zero-order valence-corrected chi connectivity index (χ0v) is 17.3. The van der Waals surface area contributed by atoms with Gasteiger partial charge in [-0.15, -0.1) is 5.10 Å². The topological polar surface area (TPSA) is 86.8 Å². The van der Waals surface area contributed by atoms with Crippen LogP contribution in [0.1, 0.15) is 56.7 Å². The predicted molar refractivity (Wildman–Crippen MR) is 117 cm³/mol. The molecule has 1 aliphatic heterocycles. The number of pyridine rings is 1. The summed E-state index contributed by atoms with van der Waals surface area (Å²) < 4.78 is 1.40. The molecule has 158 valence electrons. The Bertz CT molecular complexity index is 1140. The fourth-order valence-electron chi connectivity index (χ4n) is 5.21. The lowest BCUT2D eigenvalue weighted by Gasteiger charge is -2.35. The van der Waals surface area contributed by atoms with E-state index < -0.39 is 0 Å². The molecule has 1 atom stereocenters. The number of aromatic amines is 2. The maximum atomic E-state index is 12.7. The van der Waals surface area contributed by atoms with E-state index in [-0.39, 0.29) is 17.2 Å². The maximum Gasteiger partial charge on any atom is 0.348 e. The molecule has 0 bridgehead atoms. The van der Waals surface area contributed by atoms with E-state index in [2.05, 4.69) is 20.0 Å². The Hall–Kier alpha value is -2.67. The lowest BCUT2D eigenvalue weighted by Crippen LogP contribution is -2.38. The van der Waals surface area contributed by atoms with Gasteiger partial charge in [-0.05, 0) is 50.3 Å². The Balaban J connectivity index is 1.40. The summed E-state index contributed by atoms with van der Waals surface area (Å²) in [7, 11) is 0. The third-order valence-corrected chi connectivity index (χ3v) is 6.73. The Morgan fingerprint density at radius 2 is 1.83 bits per heavy atom. The second kappa shape index (κ2) is 8.22. The summed E-state index contributed by atoms with van der Waals surface area (Å²) in [6.07, 6.45) is 9.00. The van der Waals surface area contributed by atoms with Crippen molar-refractivity contribution in [3.8, 4) is 5.69 Å². The first-order valence-corrected chi connectivity index (χ1v) is 11.2. The fraction of sp³-hybridized carbons (Fsp3) is 0.522. The lowest BCUT2D eigenvalue weighted by molar-refractivity contribution is 0.158. The van der Waals surface area contributed by atoms with Crippen LogP contribution in [0.4, 0.5) is 0 Å². The third-order valence-electron chi connectivity index (χ3n) is 6.73. The van der Waals surface area contributed by atoms with Gasteiger partial charge < -0.3 is 9.88 Å². The molecule has 2 N–H and O–H groups in total. The summed E-state index contributed by atoms with van der Waals surface area (Å²) in [5.41, 5.74) is 0.788. The van der Waals surface area contributed by atoms with Crippen LogP contribution in [0.25, 0.3) is 16.6 Å². The molecular formula is C23H29N5O2. The fourth-order valence-corrected chi connectivity index (χ4v) is 5.21. The molecule has 3 aromatic rings. The molecule has 1 aliphatic carbocycles. The van der Waals surface area contributed by atoms with Crippen LogP contribution in [0.2, 0.25) is 0 Å². The molecule has 0 spiro atoms. The van der Waals surface area contributed by atoms with Gasteiger partial charge in [0.05, 0.1) is 11.2 Å². The van der Waals surface area contributed by atoms with E-state index in [1.807, 2.05) is 18.2 Å². The van der Waals surface area contributed by atoms with Gasteiger partial charge in [-0.1, -0.05) is 31.4 Å². The first-order valence-electron chi connectivity index (χ1n) is 11.2. The Morgan fingerprint density at radius 1 is 0.967 bits per heavy atom. The average Bonchev–Trinajstić information content (AvgIpc) is 3.16. The molecule has 7 nitrogen and oxygen atoms in total. The minimum absolute atomic E-state index is 0.190. The molecular weight excluding hydrogens is 378 g/mol. The highest BCUT2D eigenvalue weighted by Gasteiger charge is 2.27. The van der Waals surface area contributed by atoms with Gasteiger partial charge in [0, 0.05) is 30.5 Å². The van der Waals surface area contributed by atoms with Gasteiger partial charge in [-0.25, -0.2) is 4.79 Å². The number of nitrogens with zero attached hydrogens (tertiary/aromatic N) is 3. The van der Waals surface area contributed by atoms with Crippen LogP contribution in [0.3, 0.4) is 0 Å². The van der Waals surface area contributed by atoms with Crippen LogP contribution in [0, 0.1) is 5.92 Å². The first kappa shape index (κ1) is 19.3.